The number of hydrazine groups is 1. The summed E-state index contributed by atoms with van der Waals surface area (Å²) in [7, 11) is -4.65. The van der Waals surface area contributed by atoms with E-state index in [-0.39, 0.29) is 40.3 Å². The van der Waals surface area contributed by atoms with Gasteiger partial charge in [0.25, 0.3) is 0 Å². The number of nitrogens with one attached hydrogen (secondary N) is 1. The molecule has 0 amide bonds. The number of nitrogen functional groups attached to an aromatic ring is 1. The van der Waals surface area contributed by atoms with E-state index in [1.165, 1.54) is 73.1 Å². The molecule has 1 saturated heterocycles. The van der Waals surface area contributed by atoms with E-state index in [1.807, 2.05) is 0 Å². The van der Waals surface area contributed by atoms with Gasteiger partial charge in [0.2, 0.25) is 5.95 Å². The largest absolute Gasteiger partial charge is 0.459 e. The molecule has 16 nitrogen and oxygen atoms in total. The lowest BCUT2D eigenvalue weighted by Gasteiger charge is -2.30. The van der Waals surface area contributed by atoms with Crippen molar-refractivity contribution in [3.63, 3.8) is 0 Å². The number of anilines is 2. The maximum absolute atomic E-state index is 14.3. The Morgan fingerprint density at radius 2 is 1.87 bits per heavy atom. The summed E-state index contributed by atoms with van der Waals surface area (Å²) in [5.41, 5.74) is 1.23. The van der Waals surface area contributed by atoms with Gasteiger partial charge in [-0.15, -0.1) is 0 Å². The molecule has 2 aromatic heterocycles. The molecule has 3 unspecified atom stereocenters. The quantitative estimate of drug-likeness (QED) is 0.0554. The van der Waals surface area contributed by atoms with Crippen molar-refractivity contribution in [3.8, 4) is 5.75 Å². The van der Waals surface area contributed by atoms with Crippen LogP contribution < -0.4 is 26.2 Å². The summed E-state index contributed by atoms with van der Waals surface area (Å²) in [4.78, 5) is 26.1. The minimum atomic E-state index is -4.69. The molecule has 7 N–H and O–H groups in total. The number of imidazole rings is 1. The van der Waals surface area contributed by atoms with E-state index in [0.29, 0.717) is 5.02 Å². The molecule has 0 bridgehead atoms. The highest BCUT2D eigenvalue weighted by atomic mass is 35.5. The van der Waals surface area contributed by atoms with Crippen LogP contribution in [0.15, 0.2) is 54.9 Å². The Balaban J connectivity index is 1.21. The molecule has 3 heterocycles. The maximum Gasteiger partial charge on any atom is 0.459 e. The van der Waals surface area contributed by atoms with Crippen molar-refractivity contribution >= 4 is 48.2 Å². The predicted octanol–water partition coefficient (Wildman–Crippen LogP) is 4.25. The Hall–Kier alpha value is -4.07. The van der Waals surface area contributed by atoms with E-state index in [0.717, 1.165) is 25.0 Å². The van der Waals surface area contributed by atoms with Gasteiger partial charge in [-0.3, -0.25) is 18.9 Å². The Labute approximate surface area is 305 Å². The summed E-state index contributed by atoms with van der Waals surface area (Å²) in [6, 6.07) is 10.3. The molecule has 2 fully saturated rings. The van der Waals surface area contributed by atoms with E-state index in [1.54, 1.807) is 0 Å². The second-order valence-electron chi connectivity index (χ2n) is 13.4. The van der Waals surface area contributed by atoms with Gasteiger partial charge in [-0.05, 0) is 63.9 Å². The van der Waals surface area contributed by atoms with E-state index >= 15 is 0 Å². The first-order chi connectivity index (χ1) is 24.8. The lowest BCUT2D eigenvalue weighted by Crippen LogP contribution is -2.47. The van der Waals surface area contributed by atoms with Crippen LogP contribution in [0.3, 0.4) is 0 Å². The van der Waals surface area contributed by atoms with Crippen molar-refractivity contribution < 1.29 is 51.3 Å². The van der Waals surface area contributed by atoms with Crippen LogP contribution in [0.2, 0.25) is 5.02 Å². The van der Waals surface area contributed by atoms with Crippen LogP contribution in [0.4, 0.5) is 24.9 Å². The number of esters is 1. The molecule has 2 aliphatic rings. The van der Waals surface area contributed by atoms with E-state index in [2.05, 4.69) is 20.0 Å². The van der Waals surface area contributed by atoms with Gasteiger partial charge in [-0.1, -0.05) is 29.8 Å². The second kappa shape index (κ2) is 14.3. The van der Waals surface area contributed by atoms with Crippen LogP contribution in [0, 0.1) is 0 Å². The first-order valence-corrected chi connectivity index (χ1v) is 18.1. The van der Waals surface area contributed by atoms with Crippen LogP contribution in [-0.4, -0.2) is 71.7 Å². The maximum atomic E-state index is 14.3. The minimum Gasteiger partial charge on any atom is -0.459 e. The van der Waals surface area contributed by atoms with Gasteiger partial charge in [-0.25, -0.2) is 15.4 Å². The van der Waals surface area contributed by atoms with Gasteiger partial charge in [-0.2, -0.15) is 28.2 Å². The zero-order chi connectivity index (χ0) is 38.5. The van der Waals surface area contributed by atoms with Gasteiger partial charge in [0.05, 0.1) is 18.5 Å². The molecule has 1 aliphatic heterocycles. The number of benzene rings is 2. The van der Waals surface area contributed by atoms with Crippen molar-refractivity contribution in [2.45, 2.75) is 82.0 Å². The van der Waals surface area contributed by atoms with E-state index in [4.69, 9.17) is 41.7 Å². The Morgan fingerprint density at radius 3 is 2.53 bits per heavy atom. The van der Waals surface area contributed by atoms with Gasteiger partial charge in [0.1, 0.15) is 35.7 Å². The monoisotopic (exact) mass is 784 g/mol. The topological polar surface area (TPSA) is 222 Å². The molecule has 53 heavy (non-hydrogen) atoms. The normalized spacial score (nSPS) is 23.2. The standard InChI is InChI=1S/C32H37ClF3N8O8P/c1-30(2,28(46)49-14-17-6-4-5-7-21(17)32(34,35)36)42-53(48,52-20-12-8-18(33)9-13-20)50-15-22-24(45)31(3,47)27(51-22)43-16-39-23-25(43)40-29(37)41-26(23)44(38)19-10-11-19/h4-9,12-13,16,19,22,24,27,45,47H,10-11,14-15,38H2,1-3H3,(H,42,48)(H2,37,40,41)/t22?,24-,27?,31-,53?/m1/s1. The molecule has 2 aromatic carbocycles. The molecule has 0 spiro atoms. The van der Waals surface area contributed by atoms with Crippen molar-refractivity contribution in [2.24, 2.45) is 5.84 Å². The number of nitrogens with zero attached hydrogens (tertiary/aromatic N) is 5. The van der Waals surface area contributed by atoms with E-state index in [9.17, 15) is 32.7 Å². The van der Waals surface area contributed by atoms with E-state index < -0.39 is 68.2 Å². The SMILES string of the molecule is CC(C)(NP(=O)(OCC1OC(n2cnc3c(N(N)C4CC4)nc(N)nc32)[C@](C)(O)[C@@H]1O)Oc1ccc(Cl)cc1)C(=O)OCc1ccccc1C(F)(F)F. The van der Waals surface area contributed by atoms with Gasteiger partial charge < -0.3 is 29.9 Å². The molecule has 1 aliphatic carbocycles. The number of aliphatic hydroxyl groups excluding tert-OH is 1. The molecule has 0 radical (unpaired) electrons. The third-order valence-electron chi connectivity index (χ3n) is 8.67. The lowest BCUT2D eigenvalue weighted by atomic mass is 9.96. The summed E-state index contributed by atoms with van der Waals surface area (Å²) in [6.07, 6.45) is -6.02. The summed E-state index contributed by atoms with van der Waals surface area (Å²) in [5, 5.41) is 27.0. The molecule has 286 valence electrons. The predicted molar refractivity (Wildman–Crippen MR) is 184 cm³/mol. The number of aromatic nitrogens is 4. The third-order valence-corrected chi connectivity index (χ3v) is 10.7. The molecular weight excluding hydrogens is 748 g/mol. The zero-order valence-corrected chi connectivity index (χ0v) is 30.2. The van der Waals surface area contributed by atoms with Crippen LogP contribution in [0.1, 0.15) is 51.0 Å². The van der Waals surface area contributed by atoms with Crippen LogP contribution in [0.25, 0.3) is 11.2 Å². The molecule has 1 saturated carbocycles. The zero-order valence-electron chi connectivity index (χ0n) is 28.5. The number of alkyl halides is 3. The number of carbonyl (C=O) groups is 1. The number of hydrogen-bond acceptors (Lipinski definition) is 14. The average molecular weight is 785 g/mol. The summed E-state index contributed by atoms with van der Waals surface area (Å²) < 4.78 is 78.9. The molecular formula is C32H37ClF3N8O8P. The smallest absolute Gasteiger partial charge is 0.459 e. The number of carbonyl (C=O) groups excluding carboxylic acids is 1. The Bertz CT molecular complexity index is 2030. The highest BCUT2D eigenvalue weighted by Gasteiger charge is 2.54. The van der Waals surface area contributed by atoms with Crippen LogP contribution in [-0.2, 0) is 36.1 Å². The summed E-state index contributed by atoms with van der Waals surface area (Å²) >= 11 is 5.99. The first kappa shape index (κ1) is 38.6. The fourth-order valence-corrected chi connectivity index (χ4v) is 7.50. The number of fused-ring (bicyclic) bond motifs is 1. The number of ether oxygens (including phenoxy) is 2. The van der Waals surface area contributed by atoms with Gasteiger partial charge >= 0.3 is 19.9 Å². The second-order valence-corrected chi connectivity index (χ2v) is 15.5. The van der Waals surface area contributed by atoms with Gasteiger partial charge in [0, 0.05) is 16.6 Å². The number of aliphatic hydroxyl groups is 2. The number of nitrogens with two attached hydrogens (primary N) is 2. The molecule has 21 heteroatoms. The fraction of sp³-hybridized carbons (Fsp3) is 0.438. The number of halogens is 4. The van der Waals surface area contributed by atoms with Crippen molar-refractivity contribution in [3.05, 3.63) is 71.0 Å². The van der Waals surface area contributed by atoms with Crippen molar-refractivity contribution in [1.29, 1.82) is 0 Å². The van der Waals surface area contributed by atoms with Crippen molar-refractivity contribution in [1.82, 2.24) is 24.6 Å². The third kappa shape index (κ3) is 8.22. The van der Waals surface area contributed by atoms with Crippen LogP contribution >= 0.6 is 19.3 Å². The molecule has 4 aromatic rings. The fourth-order valence-electron chi connectivity index (χ4n) is 5.69. The Kier molecular flexibility index (Phi) is 10.4. The summed E-state index contributed by atoms with van der Waals surface area (Å²) in [5.74, 6) is 5.29. The highest BCUT2D eigenvalue weighted by molar-refractivity contribution is 7.52. The number of rotatable bonds is 13. The lowest BCUT2D eigenvalue weighted by molar-refractivity contribution is -0.152. The average Bonchev–Trinajstić information content (AvgIpc) is 3.82. The number of hydrogen-bond donors (Lipinski definition) is 5. The minimum absolute atomic E-state index is 0.00984. The Morgan fingerprint density at radius 1 is 1.19 bits per heavy atom. The van der Waals surface area contributed by atoms with Crippen LogP contribution in [0.5, 0.6) is 5.75 Å². The molecule has 6 rings (SSSR count). The van der Waals surface area contributed by atoms with Gasteiger partial charge in [0.15, 0.2) is 23.2 Å². The first-order valence-electron chi connectivity index (χ1n) is 16.2. The van der Waals surface area contributed by atoms with Crippen molar-refractivity contribution in [2.75, 3.05) is 17.3 Å². The highest BCUT2D eigenvalue weighted by Crippen LogP contribution is 2.49. The molecule has 5 atom stereocenters. The summed E-state index contributed by atoms with van der Waals surface area (Å²) in [6.45, 7) is 2.39.